The monoisotopic (exact) mass is 391 g/mol. The highest BCUT2D eigenvalue weighted by molar-refractivity contribution is 7.09. The summed E-state index contributed by atoms with van der Waals surface area (Å²) in [5.74, 6) is 1.07. The fourth-order valence-corrected chi connectivity index (χ4v) is 4.86. The highest BCUT2D eigenvalue weighted by atomic mass is 32.1. The Morgan fingerprint density at radius 2 is 1.96 bits per heavy atom. The van der Waals surface area contributed by atoms with Crippen LogP contribution in [0.4, 0.5) is 0 Å². The summed E-state index contributed by atoms with van der Waals surface area (Å²) in [5.41, 5.74) is 2.92. The molecule has 0 spiro atoms. The van der Waals surface area contributed by atoms with E-state index in [0.717, 1.165) is 55.7 Å². The number of hydrogen-bond donors (Lipinski definition) is 0. The highest BCUT2D eigenvalue weighted by Crippen LogP contribution is 2.33. The second kappa shape index (κ2) is 7.55. The fraction of sp³-hybridized carbons (Fsp3) is 0.391. The van der Waals surface area contributed by atoms with Crippen LogP contribution in [-0.4, -0.2) is 26.4 Å². The van der Waals surface area contributed by atoms with E-state index in [-0.39, 0.29) is 5.91 Å². The summed E-state index contributed by atoms with van der Waals surface area (Å²) >= 11 is 1.72. The first-order chi connectivity index (χ1) is 13.8. The lowest BCUT2D eigenvalue weighted by molar-refractivity contribution is 0.0725. The molecule has 1 aliphatic carbocycles. The average Bonchev–Trinajstić information content (AvgIpc) is 3.40. The summed E-state index contributed by atoms with van der Waals surface area (Å²) in [5, 5.41) is 2.08. The third kappa shape index (κ3) is 3.39. The van der Waals surface area contributed by atoms with Crippen molar-refractivity contribution >= 4 is 17.2 Å². The SMILES string of the molecule is O=C(c1nc(-c2ccccc2)n2c1CCCCC2)N(Cc1cccs1)C1CC1. The molecule has 144 valence electrons. The number of nitrogens with zero attached hydrogens (tertiary/aromatic N) is 3. The predicted molar refractivity (Wildman–Crippen MR) is 112 cm³/mol. The Morgan fingerprint density at radius 1 is 1.11 bits per heavy atom. The van der Waals surface area contributed by atoms with Crippen molar-refractivity contribution in [3.05, 3.63) is 64.1 Å². The van der Waals surface area contributed by atoms with Gasteiger partial charge in [-0.05, 0) is 43.6 Å². The zero-order valence-electron chi connectivity index (χ0n) is 16.0. The van der Waals surface area contributed by atoms with E-state index in [0.29, 0.717) is 18.3 Å². The van der Waals surface area contributed by atoms with E-state index in [4.69, 9.17) is 4.98 Å². The summed E-state index contributed by atoms with van der Waals surface area (Å²) < 4.78 is 2.31. The van der Waals surface area contributed by atoms with E-state index >= 15 is 0 Å². The zero-order chi connectivity index (χ0) is 18.9. The molecule has 1 fully saturated rings. The lowest BCUT2D eigenvalue weighted by atomic mass is 10.1. The van der Waals surface area contributed by atoms with Crippen molar-refractivity contribution in [3.63, 3.8) is 0 Å². The van der Waals surface area contributed by atoms with Crippen molar-refractivity contribution in [1.82, 2.24) is 14.5 Å². The van der Waals surface area contributed by atoms with Crippen molar-refractivity contribution in [2.24, 2.45) is 0 Å². The molecule has 0 N–H and O–H groups in total. The third-order valence-electron chi connectivity index (χ3n) is 5.76. The molecule has 5 heteroatoms. The van der Waals surface area contributed by atoms with Crippen LogP contribution in [0.3, 0.4) is 0 Å². The van der Waals surface area contributed by atoms with Gasteiger partial charge in [-0.3, -0.25) is 4.79 Å². The first-order valence-corrected chi connectivity index (χ1v) is 11.2. The molecule has 0 unspecified atom stereocenters. The van der Waals surface area contributed by atoms with Gasteiger partial charge in [0.2, 0.25) is 0 Å². The Labute approximate surface area is 169 Å². The van der Waals surface area contributed by atoms with Gasteiger partial charge in [-0.2, -0.15) is 0 Å². The van der Waals surface area contributed by atoms with Crippen LogP contribution in [0.1, 0.15) is 53.2 Å². The van der Waals surface area contributed by atoms with Gasteiger partial charge < -0.3 is 9.47 Å². The van der Waals surface area contributed by atoms with Crippen molar-refractivity contribution in [2.75, 3.05) is 0 Å². The molecular formula is C23H25N3OS. The first-order valence-electron chi connectivity index (χ1n) is 10.3. The van der Waals surface area contributed by atoms with Crippen molar-refractivity contribution in [3.8, 4) is 11.4 Å². The molecule has 4 nitrogen and oxygen atoms in total. The van der Waals surface area contributed by atoms with Crippen LogP contribution in [0.25, 0.3) is 11.4 Å². The standard InChI is InChI=1S/C23H25N3OS/c27-23(26(18-12-13-18)16-19-10-7-15-28-19)21-20-11-5-2-6-14-25(20)22(24-21)17-8-3-1-4-9-17/h1,3-4,7-10,15,18H,2,5-6,11-14,16H2. The summed E-state index contributed by atoms with van der Waals surface area (Å²) in [6.45, 7) is 1.66. The van der Waals surface area contributed by atoms with Crippen LogP contribution in [0.2, 0.25) is 0 Å². The second-order valence-corrected chi connectivity index (χ2v) is 8.83. The first kappa shape index (κ1) is 17.7. The largest absolute Gasteiger partial charge is 0.329 e. The minimum Gasteiger partial charge on any atom is -0.329 e. The van der Waals surface area contributed by atoms with E-state index in [1.165, 1.54) is 11.3 Å². The zero-order valence-corrected chi connectivity index (χ0v) is 16.8. The van der Waals surface area contributed by atoms with Crippen LogP contribution in [-0.2, 0) is 19.5 Å². The second-order valence-electron chi connectivity index (χ2n) is 7.80. The number of amides is 1. The Morgan fingerprint density at radius 3 is 2.71 bits per heavy atom. The Bertz CT molecular complexity index is 957. The molecule has 1 aliphatic heterocycles. The van der Waals surface area contributed by atoms with Gasteiger partial charge in [-0.1, -0.05) is 42.8 Å². The van der Waals surface area contributed by atoms with E-state index < -0.39 is 0 Å². The lowest BCUT2D eigenvalue weighted by Crippen LogP contribution is -2.33. The van der Waals surface area contributed by atoms with Crippen molar-refractivity contribution in [2.45, 2.75) is 57.7 Å². The molecule has 0 bridgehead atoms. The molecule has 5 rings (SSSR count). The topological polar surface area (TPSA) is 38.1 Å². The van der Waals surface area contributed by atoms with Gasteiger partial charge >= 0.3 is 0 Å². The number of hydrogen-bond acceptors (Lipinski definition) is 3. The van der Waals surface area contributed by atoms with Crippen molar-refractivity contribution < 1.29 is 4.79 Å². The molecule has 2 aliphatic rings. The number of thiophene rings is 1. The molecule has 3 aromatic rings. The number of aromatic nitrogens is 2. The van der Waals surface area contributed by atoms with Crippen LogP contribution in [0.15, 0.2) is 47.8 Å². The Hall–Kier alpha value is -2.40. The molecule has 0 saturated heterocycles. The Balaban J connectivity index is 1.55. The molecule has 0 atom stereocenters. The van der Waals surface area contributed by atoms with Crippen molar-refractivity contribution in [1.29, 1.82) is 0 Å². The molecule has 1 amide bonds. The normalized spacial score (nSPS) is 16.4. The van der Waals surface area contributed by atoms with Crippen LogP contribution in [0.5, 0.6) is 0 Å². The third-order valence-corrected chi connectivity index (χ3v) is 6.62. The molecule has 1 saturated carbocycles. The van der Waals surface area contributed by atoms with Gasteiger partial charge in [-0.15, -0.1) is 11.3 Å². The van der Waals surface area contributed by atoms with Gasteiger partial charge in [0, 0.05) is 23.0 Å². The minimum atomic E-state index is 0.115. The summed E-state index contributed by atoms with van der Waals surface area (Å²) in [7, 11) is 0. The maximum atomic E-state index is 13.6. The smallest absolute Gasteiger partial charge is 0.274 e. The molecule has 1 aromatic carbocycles. The predicted octanol–water partition coefficient (Wildman–Crippen LogP) is 5.14. The van der Waals surface area contributed by atoms with Gasteiger partial charge in [-0.25, -0.2) is 4.98 Å². The van der Waals surface area contributed by atoms with E-state index in [1.807, 2.05) is 18.2 Å². The molecule has 28 heavy (non-hydrogen) atoms. The summed E-state index contributed by atoms with van der Waals surface area (Å²) in [6, 6.07) is 14.9. The van der Waals surface area contributed by atoms with Crippen LogP contribution < -0.4 is 0 Å². The number of imidazole rings is 1. The molecule has 0 radical (unpaired) electrons. The van der Waals surface area contributed by atoms with Crippen LogP contribution >= 0.6 is 11.3 Å². The highest BCUT2D eigenvalue weighted by Gasteiger charge is 2.36. The summed E-state index contributed by atoms with van der Waals surface area (Å²) in [6.07, 6.45) is 6.66. The quantitative estimate of drug-likeness (QED) is 0.604. The van der Waals surface area contributed by atoms with E-state index in [1.54, 1.807) is 11.3 Å². The lowest BCUT2D eigenvalue weighted by Gasteiger charge is -2.21. The van der Waals surface area contributed by atoms with Gasteiger partial charge in [0.15, 0.2) is 0 Å². The molecule has 2 aromatic heterocycles. The van der Waals surface area contributed by atoms with Crippen LogP contribution in [0, 0.1) is 0 Å². The van der Waals surface area contributed by atoms with Gasteiger partial charge in [0.25, 0.3) is 5.91 Å². The number of benzene rings is 1. The minimum absolute atomic E-state index is 0.115. The van der Waals surface area contributed by atoms with Gasteiger partial charge in [0.05, 0.1) is 12.2 Å². The van der Waals surface area contributed by atoms with Gasteiger partial charge in [0.1, 0.15) is 11.5 Å². The molecule has 3 heterocycles. The number of carbonyl (C=O) groups is 1. The number of rotatable bonds is 5. The maximum Gasteiger partial charge on any atom is 0.274 e. The fourth-order valence-electron chi connectivity index (χ4n) is 4.16. The number of fused-ring (bicyclic) bond motifs is 1. The summed E-state index contributed by atoms with van der Waals surface area (Å²) in [4.78, 5) is 21.9. The number of carbonyl (C=O) groups excluding carboxylic acids is 1. The molecular weight excluding hydrogens is 366 g/mol. The Kier molecular flexibility index (Phi) is 4.77. The maximum absolute atomic E-state index is 13.6. The van der Waals surface area contributed by atoms with E-state index in [9.17, 15) is 4.79 Å². The van der Waals surface area contributed by atoms with E-state index in [2.05, 4.69) is 39.1 Å². The average molecular weight is 392 g/mol.